The number of carbonyl (C=O) groups excluding carboxylic acids is 1. The summed E-state index contributed by atoms with van der Waals surface area (Å²) in [6.07, 6.45) is 1.37. The van der Waals surface area contributed by atoms with Gasteiger partial charge in [-0.15, -0.1) is 0 Å². The van der Waals surface area contributed by atoms with Gasteiger partial charge in [-0.3, -0.25) is 9.59 Å². The topological polar surface area (TPSA) is 49.9 Å². The van der Waals surface area contributed by atoms with E-state index in [0.29, 0.717) is 0 Å². The van der Waals surface area contributed by atoms with Gasteiger partial charge in [0.05, 0.1) is 0 Å². The molecule has 0 saturated carbocycles. The van der Waals surface area contributed by atoms with Gasteiger partial charge in [0.25, 0.3) is 5.24 Å². The summed E-state index contributed by atoms with van der Waals surface area (Å²) in [5.41, 5.74) is -0.114. The first-order valence-corrected chi connectivity index (χ1v) is 2.96. The van der Waals surface area contributed by atoms with Crippen LogP contribution in [0.3, 0.4) is 0 Å². The molecular weight excluding hydrogens is 154 g/mol. The Hall–Kier alpha value is -1.09. The first-order valence-electron chi connectivity index (χ1n) is 2.59. The molecule has 0 radical (unpaired) electrons. The van der Waals surface area contributed by atoms with E-state index in [1.54, 1.807) is 0 Å². The smallest absolute Gasteiger partial charge is 0.268 e. The van der Waals surface area contributed by atoms with Crippen LogP contribution in [-0.4, -0.2) is 10.2 Å². The Morgan fingerprint density at radius 2 is 2.30 bits per heavy atom. The summed E-state index contributed by atoms with van der Waals surface area (Å²) in [6.45, 7) is 0. The van der Waals surface area contributed by atoms with Gasteiger partial charge in [0, 0.05) is 18.3 Å². The highest BCUT2D eigenvalue weighted by Gasteiger charge is 1.99. The van der Waals surface area contributed by atoms with E-state index in [0.717, 1.165) is 6.07 Å². The quantitative estimate of drug-likeness (QED) is 0.612. The van der Waals surface area contributed by atoms with Gasteiger partial charge in [-0.05, 0) is 11.6 Å². The molecule has 52 valence electrons. The number of rotatable bonds is 1. The third kappa shape index (κ3) is 1.45. The number of carbonyl (C=O) groups is 1. The lowest BCUT2D eigenvalue weighted by atomic mass is 10.4. The molecule has 0 aliphatic carbocycles. The van der Waals surface area contributed by atoms with Crippen molar-refractivity contribution in [2.75, 3.05) is 0 Å². The number of nitrogens with one attached hydrogen (secondary N) is 1. The second kappa shape index (κ2) is 2.66. The first-order chi connectivity index (χ1) is 4.70. The van der Waals surface area contributed by atoms with Crippen molar-refractivity contribution >= 4 is 16.8 Å². The lowest BCUT2D eigenvalue weighted by molar-refractivity contribution is 0.107. The number of H-pyrrole nitrogens is 1. The number of aromatic nitrogens is 1. The molecule has 0 aliphatic heterocycles. The van der Waals surface area contributed by atoms with Gasteiger partial charge in [0.1, 0.15) is 5.69 Å². The molecule has 1 rings (SSSR count). The number of hydrogen-bond donors (Lipinski definition) is 1. The summed E-state index contributed by atoms with van der Waals surface area (Å²) >= 11 is 5.07. The molecule has 0 saturated heterocycles. The Morgan fingerprint density at radius 1 is 1.60 bits per heavy atom. The Morgan fingerprint density at radius 3 is 2.70 bits per heavy atom. The van der Waals surface area contributed by atoms with E-state index in [1.165, 1.54) is 12.3 Å². The van der Waals surface area contributed by atoms with E-state index >= 15 is 0 Å². The zero-order chi connectivity index (χ0) is 7.56. The predicted molar refractivity (Wildman–Crippen MR) is 37.2 cm³/mol. The normalized spacial score (nSPS) is 9.30. The third-order valence-corrected chi connectivity index (χ3v) is 1.19. The second-order valence-electron chi connectivity index (χ2n) is 1.71. The number of hydrogen-bond acceptors (Lipinski definition) is 2. The SMILES string of the molecule is O=C(Cl)c1cc(=O)cc[nH]1. The van der Waals surface area contributed by atoms with Crippen molar-refractivity contribution in [1.29, 1.82) is 0 Å². The summed E-state index contributed by atoms with van der Waals surface area (Å²) in [5, 5.41) is -0.655. The largest absolute Gasteiger partial charge is 0.357 e. The van der Waals surface area contributed by atoms with Crippen LogP contribution in [-0.2, 0) is 0 Å². The van der Waals surface area contributed by atoms with Gasteiger partial charge in [-0.25, -0.2) is 0 Å². The molecule has 4 heteroatoms. The molecule has 0 unspecified atom stereocenters. The van der Waals surface area contributed by atoms with Gasteiger partial charge in [0.2, 0.25) is 0 Å². The molecule has 1 aromatic rings. The molecular formula is C6H4ClNO2. The summed E-state index contributed by atoms with van der Waals surface area (Å²) in [7, 11) is 0. The van der Waals surface area contributed by atoms with Crippen LogP contribution in [0, 0.1) is 0 Å². The molecule has 0 aliphatic rings. The third-order valence-electron chi connectivity index (χ3n) is 0.985. The van der Waals surface area contributed by atoms with Crippen molar-refractivity contribution in [3.63, 3.8) is 0 Å². The molecule has 10 heavy (non-hydrogen) atoms. The minimum atomic E-state index is -0.655. The zero-order valence-electron chi connectivity index (χ0n) is 4.93. The van der Waals surface area contributed by atoms with Crippen LogP contribution in [0.1, 0.15) is 10.5 Å². The van der Waals surface area contributed by atoms with Crippen LogP contribution in [0.4, 0.5) is 0 Å². The van der Waals surface area contributed by atoms with Crippen LogP contribution in [0.25, 0.3) is 0 Å². The maximum absolute atomic E-state index is 10.6. The molecule has 0 atom stereocenters. The maximum Gasteiger partial charge on any atom is 0.268 e. The van der Waals surface area contributed by atoms with Crippen molar-refractivity contribution in [2.24, 2.45) is 0 Å². The molecule has 1 N–H and O–H groups in total. The Bertz CT molecular complexity index is 305. The Kier molecular flexibility index (Phi) is 1.87. The number of aromatic amines is 1. The van der Waals surface area contributed by atoms with Crippen LogP contribution in [0.5, 0.6) is 0 Å². The Labute approximate surface area is 61.6 Å². The Balaban J connectivity index is 3.20. The maximum atomic E-state index is 10.6. The average Bonchev–Trinajstić information content (AvgIpc) is 1.88. The average molecular weight is 158 g/mol. The molecule has 0 spiro atoms. The van der Waals surface area contributed by atoms with E-state index in [4.69, 9.17) is 11.6 Å². The highest BCUT2D eigenvalue weighted by molar-refractivity contribution is 6.67. The van der Waals surface area contributed by atoms with Gasteiger partial charge >= 0.3 is 0 Å². The molecule has 0 amide bonds. The zero-order valence-corrected chi connectivity index (χ0v) is 5.68. The van der Waals surface area contributed by atoms with Gasteiger partial charge in [-0.1, -0.05) is 0 Å². The number of halogens is 1. The minimum absolute atomic E-state index is 0.120. The summed E-state index contributed by atoms with van der Waals surface area (Å²) in [6, 6.07) is 2.46. The van der Waals surface area contributed by atoms with E-state index < -0.39 is 5.24 Å². The summed E-state index contributed by atoms with van der Waals surface area (Å²) in [5.74, 6) is 0. The molecule has 0 fully saturated rings. The second-order valence-corrected chi connectivity index (χ2v) is 2.06. The molecule has 0 bridgehead atoms. The van der Waals surface area contributed by atoms with Crippen molar-refractivity contribution in [2.45, 2.75) is 0 Å². The predicted octanol–water partition coefficient (Wildman–Crippen LogP) is 0.754. The van der Waals surface area contributed by atoms with Gasteiger partial charge in [-0.2, -0.15) is 0 Å². The van der Waals surface area contributed by atoms with Gasteiger partial charge < -0.3 is 4.98 Å². The lowest BCUT2D eigenvalue weighted by Gasteiger charge is -1.88. The van der Waals surface area contributed by atoms with Crippen LogP contribution in [0.2, 0.25) is 0 Å². The summed E-state index contributed by atoms with van der Waals surface area (Å²) < 4.78 is 0. The molecule has 0 aromatic carbocycles. The van der Waals surface area contributed by atoms with Crippen LogP contribution in [0.15, 0.2) is 23.1 Å². The fourth-order valence-electron chi connectivity index (χ4n) is 0.559. The van der Waals surface area contributed by atoms with E-state index in [2.05, 4.69) is 4.98 Å². The highest BCUT2D eigenvalue weighted by atomic mass is 35.5. The number of pyridine rings is 1. The van der Waals surface area contributed by atoms with E-state index in [9.17, 15) is 9.59 Å². The van der Waals surface area contributed by atoms with Crippen LogP contribution < -0.4 is 5.43 Å². The standard InChI is InChI=1S/C6H4ClNO2/c7-6(10)5-3-4(9)1-2-8-5/h1-3H,(H,8,9). The first kappa shape index (κ1) is 7.02. The van der Waals surface area contributed by atoms with E-state index in [1.807, 2.05) is 0 Å². The highest BCUT2D eigenvalue weighted by Crippen LogP contribution is 1.93. The van der Waals surface area contributed by atoms with E-state index in [-0.39, 0.29) is 11.1 Å². The van der Waals surface area contributed by atoms with Crippen molar-refractivity contribution in [1.82, 2.24) is 4.98 Å². The van der Waals surface area contributed by atoms with Gasteiger partial charge in [0.15, 0.2) is 5.43 Å². The molecule has 3 nitrogen and oxygen atoms in total. The summed E-state index contributed by atoms with van der Waals surface area (Å²) in [4.78, 5) is 23.5. The van der Waals surface area contributed by atoms with Crippen molar-refractivity contribution in [3.8, 4) is 0 Å². The minimum Gasteiger partial charge on any atom is -0.357 e. The fraction of sp³-hybridized carbons (Fsp3) is 0. The monoisotopic (exact) mass is 157 g/mol. The van der Waals surface area contributed by atoms with Crippen LogP contribution >= 0.6 is 11.6 Å². The van der Waals surface area contributed by atoms with Crippen molar-refractivity contribution in [3.05, 3.63) is 34.2 Å². The fourth-order valence-corrected chi connectivity index (χ4v) is 0.668. The lowest BCUT2D eigenvalue weighted by Crippen LogP contribution is -2.02. The molecule has 1 aromatic heterocycles. The molecule has 1 heterocycles. The van der Waals surface area contributed by atoms with Crippen molar-refractivity contribution < 1.29 is 4.79 Å².